The third-order valence-corrected chi connectivity index (χ3v) is 7.16. The Hall–Kier alpha value is -1.37. The summed E-state index contributed by atoms with van der Waals surface area (Å²) in [6, 6.07) is 11.5. The van der Waals surface area contributed by atoms with E-state index in [4.69, 9.17) is 4.74 Å². The number of rotatable bonds is 3. The zero-order valence-corrected chi connectivity index (χ0v) is 18.5. The number of benzene rings is 1. The molecule has 3 heterocycles. The predicted molar refractivity (Wildman–Crippen MR) is 107 cm³/mol. The molecular weight excluding hydrogens is 424 g/mol. The predicted octanol–water partition coefficient (Wildman–Crippen LogP) is 2.05. The fourth-order valence-corrected chi connectivity index (χ4v) is 5.39. The number of quaternary nitrogens is 1. The molecule has 1 N–H and O–H groups in total. The maximum atomic E-state index is 12.6. The zero-order chi connectivity index (χ0) is 18.3. The smallest absolute Gasteiger partial charge is 0.411 e. The normalized spacial score (nSPS) is 25.5. The van der Waals surface area contributed by atoms with Gasteiger partial charge in [0.05, 0.1) is 31.9 Å². The number of nitrogens with zero attached hydrogens (tertiary/aromatic N) is 1. The van der Waals surface area contributed by atoms with Crippen LogP contribution in [-0.4, -0.2) is 42.9 Å². The second-order valence-electron chi connectivity index (χ2n) is 8.16. The summed E-state index contributed by atoms with van der Waals surface area (Å²) < 4.78 is 6.91. The van der Waals surface area contributed by atoms with Gasteiger partial charge in [-0.1, -0.05) is 18.2 Å². The van der Waals surface area contributed by atoms with Gasteiger partial charge in [-0.2, -0.15) is 0 Å². The topological polar surface area (TPSA) is 38.3 Å². The van der Waals surface area contributed by atoms with Gasteiger partial charge in [0.25, 0.3) is 0 Å². The van der Waals surface area contributed by atoms with Crippen molar-refractivity contribution in [2.45, 2.75) is 50.8 Å². The first kappa shape index (κ1) is 20.4. The summed E-state index contributed by atoms with van der Waals surface area (Å²) in [7, 11) is 4.64. The molecule has 27 heavy (non-hydrogen) atoms. The van der Waals surface area contributed by atoms with Crippen LogP contribution in [0.2, 0.25) is 0 Å². The van der Waals surface area contributed by atoms with Crippen LogP contribution in [0.4, 0.5) is 10.5 Å². The molecule has 1 aromatic carbocycles. The van der Waals surface area contributed by atoms with Gasteiger partial charge in [0.1, 0.15) is 6.10 Å². The van der Waals surface area contributed by atoms with E-state index in [1.807, 2.05) is 19.1 Å². The minimum atomic E-state index is -0.329. The minimum absolute atomic E-state index is 0. The number of carbonyl (C=O) groups excluding carboxylic acids is 1. The largest absolute Gasteiger partial charge is 1.00 e. The van der Waals surface area contributed by atoms with Gasteiger partial charge in [0.15, 0.2) is 0 Å². The molecule has 1 aromatic heterocycles. The van der Waals surface area contributed by atoms with Gasteiger partial charge in [-0.05, 0) is 30.0 Å². The number of aryl methyl sites for hydroxylation is 1. The van der Waals surface area contributed by atoms with Gasteiger partial charge in [-0.25, -0.2) is 4.79 Å². The van der Waals surface area contributed by atoms with E-state index in [0.717, 1.165) is 39.0 Å². The SMILES string of the molecule is Cc1ccc(-c2cccs2)c(NC(=O)O[C@H]2C[C@H]3CC[C@@H](C2)[N+]3(C)C)c1.[Br-]. The lowest BCUT2D eigenvalue weighted by atomic mass is 9.98. The number of carbonyl (C=O) groups is 1. The summed E-state index contributed by atoms with van der Waals surface area (Å²) in [5, 5.41) is 5.05. The highest BCUT2D eigenvalue weighted by Gasteiger charge is 2.49. The molecule has 0 saturated carbocycles. The maximum absolute atomic E-state index is 12.6. The molecule has 146 valence electrons. The first-order valence-corrected chi connectivity index (χ1v) is 10.3. The fraction of sp³-hybridized carbons (Fsp3) is 0.476. The van der Waals surface area contributed by atoms with E-state index in [-0.39, 0.29) is 29.2 Å². The second-order valence-corrected chi connectivity index (χ2v) is 9.11. The molecule has 2 bridgehead atoms. The monoisotopic (exact) mass is 450 g/mol. The van der Waals surface area contributed by atoms with Gasteiger partial charge in [0, 0.05) is 36.1 Å². The fourth-order valence-electron chi connectivity index (χ4n) is 4.63. The third-order valence-electron chi connectivity index (χ3n) is 6.26. The molecule has 0 unspecified atom stereocenters. The highest BCUT2D eigenvalue weighted by Crippen LogP contribution is 2.40. The Bertz CT molecular complexity index is 791. The van der Waals surface area contributed by atoms with Crippen molar-refractivity contribution in [2.75, 3.05) is 19.4 Å². The van der Waals surface area contributed by atoms with Crippen LogP contribution in [-0.2, 0) is 4.74 Å². The number of nitrogens with one attached hydrogen (secondary N) is 1. The zero-order valence-electron chi connectivity index (χ0n) is 16.1. The Labute approximate surface area is 175 Å². The molecule has 4 rings (SSSR count). The maximum Gasteiger partial charge on any atom is 0.411 e. The van der Waals surface area contributed by atoms with Crippen LogP contribution in [0, 0.1) is 6.92 Å². The summed E-state index contributed by atoms with van der Waals surface area (Å²) in [6.07, 6.45) is 4.16. The molecule has 2 saturated heterocycles. The highest BCUT2D eigenvalue weighted by atomic mass is 79.9. The standard InChI is InChI=1S/C21H26N2O2S.BrH/c1-14-6-9-18(20-5-4-10-26-20)19(11-14)22-21(24)25-17-12-15-7-8-16(13-17)23(15,2)3;/h4-6,9-11,15-17H,7-8,12-13H2,1-3H3;1H/t15-,16+,17+;. The van der Waals surface area contributed by atoms with E-state index in [1.54, 1.807) is 11.3 Å². The molecular formula is C21H27BrN2O2S. The Kier molecular flexibility index (Phi) is 5.99. The summed E-state index contributed by atoms with van der Waals surface area (Å²) in [4.78, 5) is 13.7. The molecule has 2 aliphatic rings. The Balaban J connectivity index is 0.00000210. The van der Waals surface area contributed by atoms with Crippen LogP contribution < -0.4 is 22.3 Å². The lowest BCUT2D eigenvalue weighted by Gasteiger charge is -2.43. The van der Waals surface area contributed by atoms with Crippen molar-refractivity contribution in [1.82, 2.24) is 0 Å². The van der Waals surface area contributed by atoms with Crippen molar-refractivity contribution in [1.29, 1.82) is 0 Å². The van der Waals surface area contributed by atoms with E-state index >= 15 is 0 Å². The average molecular weight is 451 g/mol. The number of halogens is 1. The molecule has 0 aliphatic carbocycles. The molecule has 2 aromatic rings. The summed E-state index contributed by atoms with van der Waals surface area (Å²) >= 11 is 1.67. The lowest BCUT2D eigenvalue weighted by Crippen LogP contribution is -3.00. The number of anilines is 1. The Morgan fingerprint density at radius 2 is 1.89 bits per heavy atom. The number of piperidine rings is 1. The summed E-state index contributed by atoms with van der Waals surface area (Å²) in [5.74, 6) is 0. The molecule has 0 spiro atoms. The van der Waals surface area contributed by atoms with Gasteiger partial charge in [-0.15, -0.1) is 11.3 Å². The number of ether oxygens (including phenoxy) is 1. The van der Waals surface area contributed by atoms with Gasteiger partial charge in [0.2, 0.25) is 0 Å². The molecule has 3 atom stereocenters. The minimum Gasteiger partial charge on any atom is -1.00 e. The van der Waals surface area contributed by atoms with Crippen molar-refractivity contribution >= 4 is 23.1 Å². The number of fused-ring (bicyclic) bond motifs is 2. The number of hydrogen-bond donors (Lipinski definition) is 1. The van der Waals surface area contributed by atoms with Crippen molar-refractivity contribution in [3.63, 3.8) is 0 Å². The Morgan fingerprint density at radius 1 is 1.19 bits per heavy atom. The van der Waals surface area contributed by atoms with E-state index in [9.17, 15) is 4.79 Å². The second kappa shape index (κ2) is 7.94. The van der Waals surface area contributed by atoms with Crippen LogP contribution in [0.3, 0.4) is 0 Å². The molecule has 2 fully saturated rings. The van der Waals surface area contributed by atoms with Crippen LogP contribution in [0.15, 0.2) is 35.7 Å². The van der Waals surface area contributed by atoms with Gasteiger partial charge in [-0.3, -0.25) is 5.32 Å². The van der Waals surface area contributed by atoms with Crippen LogP contribution in [0.5, 0.6) is 0 Å². The summed E-state index contributed by atoms with van der Waals surface area (Å²) in [5.41, 5.74) is 2.99. The number of hydrogen-bond acceptors (Lipinski definition) is 3. The molecule has 1 amide bonds. The first-order valence-electron chi connectivity index (χ1n) is 9.39. The van der Waals surface area contributed by atoms with Crippen molar-refractivity contribution in [3.05, 3.63) is 41.3 Å². The third kappa shape index (κ3) is 4.08. The highest BCUT2D eigenvalue weighted by molar-refractivity contribution is 7.13. The number of amides is 1. The quantitative estimate of drug-likeness (QED) is 0.726. The molecule has 0 radical (unpaired) electrons. The number of thiophene rings is 1. The van der Waals surface area contributed by atoms with Crippen LogP contribution in [0.25, 0.3) is 10.4 Å². The molecule has 4 nitrogen and oxygen atoms in total. The van der Waals surface area contributed by atoms with Crippen molar-refractivity contribution in [3.8, 4) is 10.4 Å². The van der Waals surface area contributed by atoms with E-state index < -0.39 is 0 Å². The molecule has 6 heteroatoms. The summed E-state index contributed by atoms with van der Waals surface area (Å²) in [6.45, 7) is 2.04. The van der Waals surface area contributed by atoms with Crippen LogP contribution >= 0.6 is 11.3 Å². The average Bonchev–Trinajstić information content (AvgIpc) is 3.11. The van der Waals surface area contributed by atoms with E-state index in [1.165, 1.54) is 12.8 Å². The van der Waals surface area contributed by atoms with Crippen molar-refractivity contribution in [2.24, 2.45) is 0 Å². The van der Waals surface area contributed by atoms with E-state index in [0.29, 0.717) is 12.1 Å². The van der Waals surface area contributed by atoms with Crippen molar-refractivity contribution < 1.29 is 31.0 Å². The Morgan fingerprint density at radius 3 is 2.52 bits per heavy atom. The van der Waals surface area contributed by atoms with Gasteiger partial charge >= 0.3 is 6.09 Å². The van der Waals surface area contributed by atoms with Crippen LogP contribution in [0.1, 0.15) is 31.2 Å². The van der Waals surface area contributed by atoms with Gasteiger partial charge < -0.3 is 26.2 Å². The van der Waals surface area contributed by atoms with E-state index in [2.05, 4.69) is 43.0 Å². The lowest BCUT2D eigenvalue weighted by molar-refractivity contribution is -0.931. The molecule has 2 aliphatic heterocycles. The first-order chi connectivity index (χ1) is 12.4.